The summed E-state index contributed by atoms with van der Waals surface area (Å²) in [6, 6.07) is 9.77. The Hall–Kier alpha value is -2.77. The molecule has 0 amide bonds. The number of halogens is 2. The van der Waals surface area contributed by atoms with Crippen molar-refractivity contribution in [2.45, 2.75) is 6.92 Å². The molecule has 0 aliphatic carbocycles. The van der Waals surface area contributed by atoms with Gasteiger partial charge in [-0.1, -0.05) is 23.7 Å². The van der Waals surface area contributed by atoms with Crippen molar-refractivity contribution in [1.29, 1.82) is 0 Å². The number of aryl methyl sites for hydroxylation is 1. The van der Waals surface area contributed by atoms with E-state index in [9.17, 15) is 14.3 Å². The molecule has 3 aromatic heterocycles. The number of aromatic carboxylic acids is 1. The molecule has 1 aromatic carbocycles. The van der Waals surface area contributed by atoms with Crippen LogP contribution in [0.15, 0.2) is 42.6 Å². The maximum Gasteiger partial charge on any atom is 0.348 e. The van der Waals surface area contributed by atoms with Gasteiger partial charge in [-0.15, -0.1) is 11.3 Å². The first-order valence-electron chi connectivity index (χ1n) is 7.60. The van der Waals surface area contributed by atoms with Crippen LogP contribution < -0.4 is 0 Å². The minimum absolute atomic E-state index is 0.0109. The first-order chi connectivity index (χ1) is 12.5. The van der Waals surface area contributed by atoms with Crippen LogP contribution in [0.3, 0.4) is 0 Å². The summed E-state index contributed by atoms with van der Waals surface area (Å²) in [6.45, 7) is 1.82. The lowest BCUT2D eigenvalue weighted by Gasteiger charge is -2.03. The van der Waals surface area contributed by atoms with Crippen LogP contribution in [0.1, 0.15) is 15.4 Å². The summed E-state index contributed by atoms with van der Waals surface area (Å²) >= 11 is 7.09. The minimum atomic E-state index is -1.18. The number of carboxylic acids is 1. The Morgan fingerprint density at radius 1 is 1.23 bits per heavy atom. The fraction of sp³-hybridized carbons (Fsp3) is 0.0556. The van der Waals surface area contributed by atoms with Crippen LogP contribution in [0.4, 0.5) is 4.39 Å². The van der Waals surface area contributed by atoms with Gasteiger partial charge in [-0.05, 0) is 31.2 Å². The maximum atomic E-state index is 14.3. The number of aromatic nitrogens is 3. The SMILES string of the molecule is Cc1nn2ccccc2c1-c1nc(-c2c(F)cccc2Cl)c(C(=O)O)s1. The van der Waals surface area contributed by atoms with Crippen LogP contribution in [0, 0.1) is 12.7 Å². The van der Waals surface area contributed by atoms with Gasteiger partial charge >= 0.3 is 5.97 Å². The highest BCUT2D eigenvalue weighted by Gasteiger charge is 2.25. The molecule has 130 valence electrons. The molecule has 0 spiro atoms. The fourth-order valence-electron chi connectivity index (χ4n) is 2.85. The van der Waals surface area contributed by atoms with Crippen LogP contribution in [0.5, 0.6) is 0 Å². The zero-order valence-corrected chi connectivity index (χ0v) is 15.0. The molecule has 5 nitrogen and oxygen atoms in total. The molecule has 1 N–H and O–H groups in total. The largest absolute Gasteiger partial charge is 0.477 e. The van der Waals surface area contributed by atoms with E-state index in [1.54, 1.807) is 10.7 Å². The number of carboxylic acid groups (broad SMARTS) is 1. The van der Waals surface area contributed by atoms with Crippen molar-refractivity contribution < 1.29 is 14.3 Å². The lowest BCUT2D eigenvalue weighted by atomic mass is 10.1. The van der Waals surface area contributed by atoms with Gasteiger partial charge in [0.1, 0.15) is 21.4 Å². The van der Waals surface area contributed by atoms with Crippen LogP contribution >= 0.6 is 22.9 Å². The van der Waals surface area contributed by atoms with Gasteiger partial charge in [-0.2, -0.15) is 5.10 Å². The lowest BCUT2D eigenvalue weighted by Crippen LogP contribution is -1.97. The van der Waals surface area contributed by atoms with Gasteiger partial charge in [0.25, 0.3) is 0 Å². The number of fused-ring (bicyclic) bond motifs is 1. The summed E-state index contributed by atoms with van der Waals surface area (Å²) < 4.78 is 16.0. The first-order valence-corrected chi connectivity index (χ1v) is 8.79. The molecule has 4 rings (SSSR count). The molecule has 0 bridgehead atoms. The highest BCUT2D eigenvalue weighted by molar-refractivity contribution is 7.17. The number of rotatable bonds is 3. The molecule has 26 heavy (non-hydrogen) atoms. The standard InChI is InChI=1S/C18H11ClFN3O2S/c1-9-13(12-7-2-3-8-23(12)22-9)17-21-15(16(26-17)18(24)25)14-10(19)5-4-6-11(14)20/h2-8H,1H3,(H,24,25). The number of nitrogens with zero attached hydrogens (tertiary/aromatic N) is 3. The number of benzene rings is 1. The smallest absolute Gasteiger partial charge is 0.348 e. The zero-order valence-electron chi connectivity index (χ0n) is 13.4. The third kappa shape index (κ3) is 2.56. The van der Waals surface area contributed by atoms with Crippen LogP contribution in [-0.4, -0.2) is 25.7 Å². The molecular formula is C18H11ClFN3O2S. The average Bonchev–Trinajstić information content (AvgIpc) is 3.15. The summed E-state index contributed by atoms with van der Waals surface area (Å²) in [5, 5.41) is 14.6. The Bertz CT molecular complexity index is 1150. The molecule has 0 aliphatic rings. The van der Waals surface area contributed by atoms with Crippen molar-refractivity contribution in [2.75, 3.05) is 0 Å². The van der Waals surface area contributed by atoms with Crippen molar-refractivity contribution in [3.8, 4) is 21.8 Å². The van der Waals surface area contributed by atoms with Gasteiger partial charge in [0, 0.05) is 6.20 Å². The van der Waals surface area contributed by atoms with E-state index < -0.39 is 11.8 Å². The van der Waals surface area contributed by atoms with Gasteiger partial charge in [0.2, 0.25) is 0 Å². The third-order valence-electron chi connectivity index (χ3n) is 3.95. The van der Waals surface area contributed by atoms with Crippen LogP contribution in [0.25, 0.3) is 27.3 Å². The molecule has 0 radical (unpaired) electrons. The Labute approximate surface area is 156 Å². The molecule has 8 heteroatoms. The summed E-state index contributed by atoms with van der Waals surface area (Å²) in [5.41, 5.74) is 2.23. The molecule has 3 heterocycles. The lowest BCUT2D eigenvalue weighted by molar-refractivity contribution is 0.0702. The first kappa shape index (κ1) is 16.7. The van der Waals surface area contributed by atoms with Crippen molar-refractivity contribution >= 4 is 34.4 Å². The van der Waals surface area contributed by atoms with Gasteiger partial charge in [-0.3, -0.25) is 0 Å². The van der Waals surface area contributed by atoms with Crippen molar-refractivity contribution in [3.05, 3.63) is 64.0 Å². The summed E-state index contributed by atoms with van der Waals surface area (Å²) in [7, 11) is 0. The highest BCUT2D eigenvalue weighted by atomic mass is 35.5. The number of pyridine rings is 1. The number of hydrogen-bond acceptors (Lipinski definition) is 4. The maximum absolute atomic E-state index is 14.3. The number of hydrogen-bond donors (Lipinski definition) is 1. The Morgan fingerprint density at radius 3 is 2.77 bits per heavy atom. The van der Waals surface area contributed by atoms with E-state index in [-0.39, 0.29) is 21.2 Å². The van der Waals surface area contributed by atoms with Crippen molar-refractivity contribution in [2.24, 2.45) is 0 Å². The van der Waals surface area contributed by atoms with Crippen molar-refractivity contribution in [3.63, 3.8) is 0 Å². The monoisotopic (exact) mass is 387 g/mol. The zero-order chi connectivity index (χ0) is 18.4. The van der Waals surface area contributed by atoms with E-state index in [0.717, 1.165) is 22.4 Å². The van der Waals surface area contributed by atoms with Crippen molar-refractivity contribution in [1.82, 2.24) is 14.6 Å². The van der Waals surface area contributed by atoms with Gasteiger partial charge in [0.05, 0.1) is 27.4 Å². The normalized spacial score (nSPS) is 11.2. The topological polar surface area (TPSA) is 67.5 Å². The van der Waals surface area contributed by atoms with Crippen LogP contribution in [-0.2, 0) is 0 Å². The fourth-order valence-corrected chi connectivity index (χ4v) is 4.12. The Balaban J connectivity index is 2.01. The highest BCUT2D eigenvalue weighted by Crippen LogP contribution is 2.40. The van der Waals surface area contributed by atoms with E-state index >= 15 is 0 Å². The molecule has 0 saturated heterocycles. The van der Waals surface area contributed by atoms with Gasteiger partial charge in [-0.25, -0.2) is 18.7 Å². The van der Waals surface area contributed by atoms with Gasteiger partial charge in [0.15, 0.2) is 0 Å². The van der Waals surface area contributed by atoms with E-state index in [1.165, 1.54) is 18.2 Å². The van der Waals surface area contributed by atoms with Gasteiger partial charge < -0.3 is 5.11 Å². The second kappa shape index (κ2) is 6.19. The molecule has 0 saturated carbocycles. The van der Waals surface area contributed by atoms with Crippen LogP contribution in [0.2, 0.25) is 5.02 Å². The van der Waals surface area contributed by atoms with E-state index in [1.807, 2.05) is 25.1 Å². The Morgan fingerprint density at radius 2 is 2.04 bits per heavy atom. The molecule has 4 aromatic rings. The quantitative estimate of drug-likeness (QED) is 0.541. The summed E-state index contributed by atoms with van der Waals surface area (Å²) in [4.78, 5) is 16.1. The number of carbonyl (C=O) groups is 1. The third-order valence-corrected chi connectivity index (χ3v) is 5.33. The molecule has 0 atom stereocenters. The van der Waals surface area contributed by atoms with E-state index in [0.29, 0.717) is 10.7 Å². The molecular weight excluding hydrogens is 377 g/mol. The Kier molecular flexibility index (Phi) is 3.97. The molecule has 0 aliphatic heterocycles. The average molecular weight is 388 g/mol. The van der Waals surface area contributed by atoms with E-state index in [2.05, 4.69) is 10.1 Å². The predicted molar refractivity (Wildman–Crippen MR) is 98.4 cm³/mol. The van der Waals surface area contributed by atoms with E-state index in [4.69, 9.17) is 11.6 Å². The summed E-state index contributed by atoms with van der Waals surface area (Å²) in [5.74, 6) is -1.80. The second-order valence-electron chi connectivity index (χ2n) is 5.59. The minimum Gasteiger partial charge on any atom is -0.477 e. The predicted octanol–water partition coefficient (Wildman–Crippen LogP) is 4.92. The summed E-state index contributed by atoms with van der Waals surface area (Å²) in [6.07, 6.45) is 1.80. The second-order valence-corrected chi connectivity index (χ2v) is 7.00. The molecule has 0 unspecified atom stereocenters. The molecule has 0 fully saturated rings. The number of thiazole rings is 1.